The van der Waals surface area contributed by atoms with Crippen molar-refractivity contribution in [2.45, 2.75) is 43.7 Å². The lowest BCUT2D eigenvalue weighted by Crippen LogP contribution is -2.56. The van der Waals surface area contributed by atoms with Gasteiger partial charge in [0.15, 0.2) is 11.5 Å². The Hall–Kier alpha value is -1.95. The van der Waals surface area contributed by atoms with Gasteiger partial charge in [-0.2, -0.15) is 0 Å². The van der Waals surface area contributed by atoms with Crippen LogP contribution in [0.1, 0.15) is 43.7 Å². The summed E-state index contributed by atoms with van der Waals surface area (Å²) in [6.45, 7) is 0.452. The van der Waals surface area contributed by atoms with Crippen molar-refractivity contribution in [1.82, 2.24) is 4.90 Å². The number of aliphatic hydroxyl groups is 1. The SMILES string of the molecule is COC(=O)N1CC[C@]2(O)CCCC[C@H]2[C@H]1c1ccc(O)c(OC)c1. The van der Waals surface area contributed by atoms with Crippen LogP contribution in [0.3, 0.4) is 0 Å². The molecule has 1 aromatic carbocycles. The highest BCUT2D eigenvalue weighted by molar-refractivity contribution is 5.68. The van der Waals surface area contributed by atoms with Gasteiger partial charge in [-0.3, -0.25) is 0 Å². The van der Waals surface area contributed by atoms with Gasteiger partial charge in [0.05, 0.1) is 25.9 Å². The molecule has 0 bridgehead atoms. The van der Waals surface area contributed by atoms with Crippen LogP contribution in [-0.2, 0) is 4.74 Å². The number of aromatic hydroxyl groups is 1. The van der Waals surface area contributed by atoms with Gasteiger partial charge in [0.2, 0.25) is 0 Å². The van der Waals surface area contributed by atoms with Gasteiger partial charge in [-0.1, -0.05) is 18.9 Å². The van der Waals surface area contributed by atoms with Crippen LogP contribution in [0.4, 0.5) is 4.79 Å². The van der Waals surface area contributed by atoms with Crippen molar-refractivity contribution in [3.05, 3.63) is 23.8 Å². The fraction of sp³-hybridized carbons (Fsp3) is 0.611. The predicted octanol–water partition coefficient (Wildman–Crippen LogP) is 2.84. The van der Waals surface area contributed by atoms with Gasteiger partial charge in [-0.05, 0) is 37.0 Å². The van der Waals surface area contributed by atoms with E-state index in [2.05, 4.69) is 0 Å². The van der Waals surface area contributed by atoms with E-state index in [0.29, 0.717) is 18.7 Å². The van der Waals surface area contributed by atoms with E-state index in [1.54, 1.807) is 23.1 Å². The number of nitrogens with zero attached hydrogens (tertiary/aromatic N) is 1. The molecule has 1 amide bonds. The highest BCUT2D eigenvalue weighted by Crippen LogP contribution is 2.50. The van der Waals surface area contributed by atoms with Crippen LogP contribution in [0.15, 0.2) is 18.2 Å². The van der Waals surface area contributed by atoms with Crippen molar-refractivity contribution in [3.63, 3.8) is 0 Å². The average Bonchev–Trinajstić information content (AvgIpc) is 2.60. The third-order valence-corrected chi connectivity index (χ3v) is 5.52. The largest absolute Gasteiger partial charge is 0.504 e. The summed E-state index contributed by atoms with van der Waals surface area (Å²) < 4.78 is 10.2. The second-order valence-electron chi connectivity index (χ2n) is 6.75. The fourth-order valence-electron chi connectivity index (χ4n) is 4.29. The monoisotopic (exact) mass is 335 g/mol. The number of ether oxygens (including phenoxy) is 2. The van der Waals surface area contributed by atoms with Crippen molar-refractivity contribution in [2.75, 3.05) is 20.8 Å². The molecular weight excluding hydrogens is 310 g/mol. The van der Waals surface area contributed by atoms with Crippen molar-refractivity contribution < 1.29 is 24.5 Å². The molecule has 2 fully saturated rings. The molecule has 1 aliphatic heterocycles. The number of phenols is 1. The van der Waals surface area contributed by atoms with Crippen LogP contribution in [0.2, 0.25) is 0 Å². The predicted molar refractivity (Wildman–Crippen MR) is 88.0 cm³/mol. The summed E-state index contributed by atoms with van der Waals surface area (Å²) in [4.78, 5) is 14.0. The molecule has 6 heteroatoms. The summed E-state index contributed by atoms with van der Waals surface area (Å²) in [7, 11) is 2.87. The Morgan fingerprint density at radius 2 is 2.08 bits per heavy atom. The molecule has 1 saturated heterocycles. The second kappa shape index (κ2) is 6.51. The Labute approximate surface area is 142 Å². The molecule has 1 aliphatic carbocycles. The number of methoxy groups -OCH3 is 2. The lowest BCUT2D eigenvalue weighted by molar-refractivity contribution is -0.117. The number of amides is 1. The summed E-state index contributed by atoms with van der Waals surface area (Å²) in [5.41, 5.74) is 0.0959. The number of likely N-dealkylation sites (tertiary alicyclic amines) is 1. The molecule has 0 unspecified atom stereocenters. The van der Waals surface area contributed by atoms with E-state index in [0.717, 1.165) is 31.2 Å². The van der Waals surface area contributed by atoms with Gasteiger partial charge in [0.1, 0.15) is 0 Å². The zero-order valence-electron chi connectivity index (χ0n) is 14.2. The molecule has 3 rings (SSSR count). The van der Waals surface area contributed by atoms with E-state index in [1.165, 1.54) is 14.2 Å². The van der Waals surface area contributed by atoms with Gasteiger partial charge in [-0.25, -0.2) is 4.79 Å². The standard InChI is InChI=1S/C18H25NO5/c1-23-15-11-12(6-7-14(15)20)16-13-5-3-4-8-18(13,22)9-10-19(16)17(21)24-2/h6-7,11,13,16,20,22H,3-5,8-10H2,1-2H3/t13-,16+,18+/m0/s1. The highest BCUT2D eigenvalue weighted by Gasteiger charge is 2.50. The van der Waals surface area contributed by atoms with Crippen LogP contribution in [-0.4, -0.2) is 47.6 Å². The molecule has 1 heterocycles. The third kappa shape index (κ3) is 2.79. The third-order valence-electron chi connectivity index (χ3n) is 5.52. The molecule has 1 saturated carbocycles. The molecule has 24 heavy (non-hydrogen) atoms. The second-order valence-corrected chi connectivity index (χ2v) is 6.75. The molecule has 2 N–H and O–H groups in total. The molecule has 132 valence electrons. The average molecular weight is 335 g/mol. The smallest absolute Gasteiger partial charge is 0.410 e. The van der Waals surface area contributed by atoms with Crippen molar-refractivity contribution >= 4 is 6.09 Å². The minimum atomic E-state index is -0.751. The number of benzene rings is 1. The van der Waals surface area contributed by atoms with Gasteiger partial charge < -0.3 is 24.6 Å². The zero-order valence-corrected chi connectivity index (χ0v) is 14.2. The van der Waals surface area contributed by atoms with Crippen molar-refractivity contribution in [1.29, 1.82) is 0 Å². The minimum absolute atomic E-state index is 0.0478. The van der Waals surface area contributed by atoms with Gasteiger partial charge in [-0.15, -0.1) is 0 Å². The quantitative estimate of drug-likeness (QED) is 0.869. The summed E-state index contributed by atoms with van der Waals surface area (Å²) in [6.07, 6.45) is 3.85. The van der Waals surface area contributed by atoms with E-state index in [1.807, 2.05) is 0 Å². The first kappa shape index (κ1) is 16.9. The lowest BCUT2D eigenvalue weighted by atomic mass is 9.66. The molecule has 3 atom stereocenters. The number of hydrogen-bond acceptors (Lipinski definition) is 5. The molecule has 0 aromatic heterocycles. The number of piperidine rings is 1. The summed E-state index contributed by atoms with van der Waals surface area (Å²) in [5.74, 6) is 0.371. The molecule has 0 radical (unpaired) electrons. The lowest BCUT2D eigenvalue weighted by Gasteiger charge is -2.52. The van der Waals surface area contributed by atoms with E-state index < -0.39 is 5.60 Å². The maximum atomic E-state index is 12.3. The summed E-state index contributed by atoms with van der Waals surface area (Å²) in [5, 5.41) is 21.0. The Morgan fingerprint density at radius 3 is 2.79 bits per heavy atom. The topological polar surface area (TPSA) is 79.2 Å². The normalized spacial score (nSPS) is 29.7. The van der Waals surface area contributed by atoms with Gasteiger partial charge in [0.25, 0.3) is 0 Å². The molecule has 1 aromatic rings. The minimum Gasteiger partial charge on any atom is -0.504 e. The molecule has 2 aliphatic rings. The summed E-state index contributed by atoms with van der Waals surface area (Å²) >= 11 is 0. The first-order chi connectivity index (χ1) is 11.5. The number of carbonyl (C=O) groups excluding carboxylic acids is 1. The molecule has 0 spiro atoms. The Bertz CT molecular complexity index is 619. The van der Waals surface area contributed by atoms with E-state index >= 15 is 0 Å². The molecule has 6 nitrogen and oxygen atoms in total. The maximum absolute atomic E-state index is 12.3. The maximum Gasteiger partial charge on any atom is 0.410 e. The Balaban J connectivity index is 2.04. The zero-order chi connectivity index (χ0) is 17.3. The first-order valence-corrected chi connectivity index (χ1v) is 8.44. The number of carbonyl (C=O) groups is 1. The Morgan fingerprint density at radius 1 is 1.29 bits per heavy atom. The Kier molecular flexibility index (Phi) is 4.58. The number of rotatable bonds is 2. The van der Waals surface area contributed by atoms with Crippen molar-refractivity contribution in [2.24, 2.45) is 5.92 Å². The number of phenolic OH excluding ortho intramolecular Hbond substituents is 1. The van der Waals surface area contributed by atoms with Crippen LogP contribution in [0, 0.1) is 5.92 Å². The van der Waals surface area contributed by atoms with E-state index in [4.69, 9.17) is 9.47 Å². The van der Waals surface area contributed by atoms with Gasteiger partial charge in [0, 0.05) is 12.5 Å². The van der Waals surface area contributed by atoms with E-state index in [-0.39, 0.29) is 23.8 Å². The van der Waals surface area contributed by atoms with E-state index in [9.17, 15) is 15.0 Å². The van der Waals surface area contributed by atoms with Gasteiger partial charge >= 0.3 is 6.09 Å². The van der Waals surface area contributed by atoms with Crippen LogP contribution < -0.4 is 4.74 Å². The van der Waals surface area contributed by atoms with Crippen molar-refractivity contribution in [3.8, 4) is 11.5 Å². The highest BCUT2D eigenvalue weighted by atomic mass is 16.5. The number of fused-ring (bicyclic) bond motifs is 1. The number of hydrogen-bond donors (Lipinski definition) is 2. The van der Waals surface area contributed by atoms with Crippen LogP contribution >= 0.6 is 0 Å². The fourth-order valence-corrected chi connectivity index (χ4v) is 4.29. The van der Waals surface area contributed by atoms with Crippen LogP contribution in [0.25, 0.3) is 0 Å². The molecular formula is C18H25NO5. The van der Waals surface area contributed by atoms with Crippen LogP contribution in [0.5, 0.6) is 11.5 Å². The first-order valence-electron chi connectivity index (χ1n) is 8.44. The summed E-state index contributed by atoms with van der Waals surface area (Å²) in [6, 6.07) is 4.82.